The lowest BCUT2D eigenvalue weighted by atomic mass is 10.2. The number of amides is 1. The molecular weight excluding hydrogens is 508 g/mol. The second-order valence-electron chi connectivity index (χ2n) is 7.80. The van der Waals surface area contributed by atoms with Crippen molar-refractivity contribution in [1.29, 1.82) is 0 Å². The molecule has 0 radical (unpaired) electrons. The van der Waals surface area contributed by atoms with Gasteiger partial charge in [0.05, 0.1) is 16.1 Å². The molecule has 0 aromatic heterocycles. The second-order valence-corrected chi connectivity index (χ2v) is 11.7. The average molecular weight is 531 g/mol. The molecule has 1 aliphatic heterocycles. The number of para-hydroxylation sites is 1. The summed E-state index contributed by atoms with van der Waals surface area (Å²) in [6.07, 6.45) is 0.674. The van der Waals surface area contributed by atoms with E-state index in [9.17, 15) is 13.2 Å². The number of halogens is 1. The van der Waals surface area contributed by atoms with Crippen molar-refractivity contribution in [2.45, 2.75) is 41.0 Å². The number of hydrogen-bond acceptors (Lipinski definition) is 4. The first-order valence-electron chi connectivity index (χ1n) is 10.2. The van der Waals surface area contributed by atoms with Gasteiger partial charge in [0.25, 0.3) is 15.9 Å². The van der Waals surface area contributed by atoms with Crippen LogP contribution in [0.4, 0.5) is 5.69 Å². The molecule has 0 unspecified atom stereocenters. The fraction of sp³-hybridized carbons (Fsp3) is 0.208. The summed E-state index contributed by atoms with van der Waals surface area (Å²) in [7, 11) is -3.79. The first-order valence-corrected chi connectivity index (χ1v) is 13.3. The van der Waals surface area contributed by atoms with Gasteiger partial charge in [0.15, 0.2) is 0 Å². The number of rotatable bonds is 6. The molecule has 0 spiro atoms. The van der Waals surface area contributed by atoms with Gasteiger partial charge in [0.2, 0.25) is 0 Å². The summed E-state index contributed by atoms with van der Waals surface area (Å²) in [5.74, 6) is -0.293. The summed E-state index contributed by atoms with van der Waals surface area (Å²) < 4.78 is 29.4. The summed E-state index contributed by atoms with van der Waals surface area (Å²) in [6.45, 7) is 4.15. The molecule has 0 atom stereocenters. The number of sulfonamides is 1. The highest BCUT2D eigenvalue weighted by Crippen LogP contribution is 2.36. The zero-order valence-corrected chi connectivity index (χ0v) is 20.9. The third-order valence-electron chi connectivity index (χ3n) is 5.09. The Kier molecular flexibility index (Phi) is 6.65. The van der Waals surface area contributed by atoms with Crippen molar-refractivity contribution < 1.29 is 13.2 Å². The number of carbonyl (C=O) groups is 1. The van der Waals surface area contributed by atoms with E-state index in [2.05, 4.69) is 21.2 Å². The lowest BCUT2D eigenvalue weighted by Crippen LogP contribution is -2.32. The molecule has 0 fully saturated rings. The molecular formula is C24H23BrN2O3S2. The molecule has 0 aliphatic carbocycles. The molecule has 3 aromatic rings. The van der Waals surface area contributed by atoms with Crippen molar-refractivity contribution in [3.63, 3.8) is 0 Å². The van der Waals surface area contributed by atoms with Gasteiger partial charge in [0.1, 0.15) is 0 Å². The SMILES string of the molecule is CC(C)NC(=O)c1cc(S(=O)(=O)N2CCc3ccccc32)ccc1Sc1ccc(Br)cc1. The van der Waals surface area contributed by atoms with E-state index in [1.807, 2.05) is 62.4 Å². The summed E-state index contributed by atoms with van der Waals surface area (Å²) in [5.41, 5.74) is 2.06. The van der Waals surface area contributed by atoms with E-state index in [1.165, 1.54) is 22.1 Å². The number of benzene rings is 3. The zero-order chi connectivity index (χ0) is 22.9. The molecule has 1 amide bonds. The van der Waals surface area contributed by atoms with Crippen LogP contribution in [-0.4, -0.2) is 26.9 Å². The number of fused-ring (bicyclic) bond motifs is 1. The monoisotopic (exact) mass is 530 g/mol. The van der Waals surface area contributed by atoms with Gasteiger partial charge in [0, 0.05) is 26.9 Å². The Labute approximate surface area is 201 Å². The Balaban J connectivity index is 1.73. The smallest absolute Gasteiger partial charge is 0.264 e. The summed E-state index contributed by atoms with van der Waals surface area (Å²) in [5, 5.41) is 2.89. The van der Waals surface area contributed by atoms with Crippen LogP contribution in [0.5, 0.6) is 0 Å². The van der Waals surface area contributed by atoms with Gasteiger partial charge in [-0.3, -0.25) is 9.10 Å². The Bertz CT molecular complexity index is 1260. The summed E-state index contributed by atoms with van der Waals surface area (Å²) in [4.78, 5) is 14.7. The van der Waals surface area contributed by atoms with Crippen LogP contribution < -0.4 is 9.62 Å². The van der Waals surface area contributed by atoms with E-state index in [0.29, 0.717) is 29.1 Å². The normalized spacial score (nSPS) is 13.3. The maximum Gasteiger partial charge on any atom is 0.264 e. The van der Waals surface area contributed by atoms with Gasteiger partial charge in [-0.1, -0.05) is 45.9 Å². The molecule has 1 N–H and O–H groups in total. The summed E-state index contributed by atoms with van der Waals surface area (Å²) in [6, 6.07) is 20.0. The molecule has 3 aromatic carbocycles. The summed E-state index contributed by atoms with van der Waals surface area (Å²) >= 11 is 4.85. The van der Waals surface area contributed by atoms with Crippen LogP contribution in [0.3, 0.4) is 0 Å². The Morgan fingerprint density at radius 1 is 1.06 bits per heavy atom. The quantitative estimate of drug-likeness (QED) is 0.457. The highest BCUT2D eigenvalue weighted by atomic mass is 79.9. The van der Waals surface area contributed by atoms with Gasteiger partial charge < -0.3 is 5.32 Å². The lowest BCUT2D eigenvalue weighted by Gasteiger charge is -2.21. The van der Waals surface area contributed by atoms with Gasteiger partial charge in [-0.05, 0) is 74.4 Å². The Hall–Kier alpha value is -2.29. The maximum absolute atomic E-state index is 13.5. The predicted octanol–water partition coefficient (Wildman–Crippen LogP) is 5.49. The maximum atomic E-state index is 13.5. The highest BCUT2D eigenvalue weighted by molar-refractivity contribution is 9.10. The van der Waals surface area contributed by atoms with Crippen molar-refractivity contribution in [3.05, 3.63) is 82.3 Å². The molecule has 0 saturated carbocycles. The van der Waals surface area contributed by atoms with E-state index in [-0.39, 0.29) is 16.8 Å². The average Bonchev–Trinajstić information content (AvgIpc) is 3.20. The second kappa shape index (κ2) is 9.29. The number of carbonyl (C=O) groups excluding carboxylic acids is 1. The fourth-order valence-corrected chi connectivity index (χ4v) is 6.31. The fourth-order valence-electron chi connectivity index (χ4n) is 3.59. The van der Waals surface area contributed by atoms with Gasteiger partial charge in [-0.15, -0.1) is 0 Å². The van der Waals surface area contributed by atoms with Gasteiger partial charge >= 0.3 is 0 Å². The van der Waals surface area contributed by atoms with Gasteiger partial charge in [-0.2, -0.15) is 0 Å². The predicted molar refractivity (Wildman–Crippen MR) is 132 cm³/mol. The molecule has 1 heterocycles. The molecule has 8 heteroatoms. The molecule has 0 bridgehead atoms. The van der Waals surface area contributed by atoms with Crippen molar-refractivity contribution in [2.75, 3.05) is 10.8 Å². The number of anilines is 1. The minimum Gasteiger partial charge on any atom is -0.350 e. The van der Waals surface area contributed by atoms with Crippen LogP contribution in [0.15, 0.2) is 85.9 Å². The molecule has 0 saturated heterocycles. The largest absolute Gasteiger partial charge is 0.350 e. The van der Waals surface area contributed by atoms with E-state index < -0.39 is 10.0 Å². The third kappa shape index (κ3) is 4.72. The van der Waals surface area contributed by atoms with Crippen LogP contribution in [0.1, 0.15) is 29.8 Å². The minimum absolute atomic E-state index is 0.0706. The van der Waals surface area contributed by atoms with Crippen molar-refractivity contribution in [2.24, 2.45) is 0 Å². The number of nitrogens with zero attached hydrogens (tertiary/aromatic N) is 1. The zero-order valence-electron chi connectivity index (χ0n) is 17.7. The van der Waals surface area contributed by atoms with Crippen LogP contribution in [0.25, 0.3) is 0 Å². The molecule has 5 nitrogen and oxygen atoms in total. The van der Waals surface area contributed by atoms with Crippen LogP contribution in [0.2, 0.25) is 0 Å². The first-order chi connectivity index (χ1) is 15.3. The minimum atomic E-state index is -3.79. The van der Waals surface area contributed by atoms with Crippen molar-refractivity contribution in [1.82, 2.24) is 5.32 Å². The van der Waals surface area contributed by atoms with Crippen molar-refractivity contribution >= 4 is 49.3 Å². The van der Waals surface area contributed by atoms with Crippen molar-refractivity contribution in [3.8, 4) is 0 Å². The first kappa shape index (κ1) is 22.9. The lowest BCUT2D eigenvalue weighted by molar-refractivity contribution is 0.0940. The Morgan fingerprint density at radius 2 is 1.78 bits per heavy atom. The Morgan fingerprint density at radius 3 is 2.50 bits per heavy atom. The molecule has 1 aliphatic rings. The highest BCUT2D eigenvalue weighted by Gasteiger charge is 2.31. The van der Waals surface area contributed by atoms with E-state index in [1.54, 1.807) is 12.1 Å². The number of nitrogens with one attached hydrogen (secondary N) is 1. The van der Waals surface area contributed by atoms with E-state index in [4.69, 9.17) is 0 Å². The van der Waals surface area contributed by atoms with E-state index >= 15 is 0 Å². The molecule has 4 rings (SSSR count). The molecule has 32 heavy (non-hydrogen) atoms. The van der Waals surface area contributed by atoms with Crippen LogP contribution >= 0.6 is 27.7 Å². The molecule has 166 valence electrons. The van der Waals surface area contributed by atoms with Crippen LogP contribution in [-0.2, 0) is 16.4 Å². The standard InChI is InChI=1S/C24H23BrN2O3S2/c1-16(2)26-24(28)21-15-20(11-12-23(21)31-19-9-7-18(25)8-10-19)32(29,30)27-14-13-17-5-3-4-6-22(17)27/h3-12,15-16H,13-14H2,1-2H3,(H,26,28). The topological polar surface area (TPSA) is 66.5 Å². The van der Waals surface area contributed by atoms with Gasteiger partial charge in [-0.25, -0.2) is 8.42 Å². The van der Waals surface area contributed by atoms with Crippen LogP contribution in [0, 0.1) is 0 Å². The number of hydrogen-bond donors (Lipinski definition) is 1. The third-order valence-corrected chi connectivity index (χ3v) is 8.51. The van der Waals surface area contributed by atoms with E-state index in [0.717, 1.165) is 14.9 Å².